The summed E-state index contributed by atoms with van der Waals surface area (Å²) in [5.74, 6) is 0.832. The average molecular weight is 322 g/mol. The lowest BCUT2D eigenvalue weighted by atomic mass is 10.1. The number of rotatable bonds is 7. The Morgan fingerprint density at radius 1 is 1.08 bits per heavy atom. The fourth-order valence-electron chi connectivity index (χ4n) is 2.71. The highest BCUT2D eigenvalue weighted by molar-refractivity contribution is 5.91. The largest absolute Gasteiger partial charge is 0.326 e. The van der Waals surface area contributed by atoms with E-state index in [1.165, 1.54) is 12.8 Å². The summed E-state index contributed by atoms with van der Waals surface area (Å²) in [5.41, 5.74) is 2.52. The van der Waals surface area contributed by atoms with Gasteiger partial charge < -0.3 is 5.32 Å². The van der Waals surface area contributed by atoms with E-state index in [9.17, 15) is 4.79 Å². The SMILES string of the molecule is CCCCCCC(=O)Nc1cccc(-c2nnc3ccccn23)c1. The molecule has 124 valence electrons. The molecule has 2 aromatic heterocycles. The van der Waals surface area contributed by atoms with Crippen LogP contribution in [0.4, 0.5) is 5.69 Å². The standard InChI is InChI=1S/C19H22N4O/c1-2-3-4-5-12-18(24)20-16-10-8-9-15(14-16)19-22-21-17-11-6-7-13-23(17)19/h6-11,13-14H,2-5,12H2,1H3,(H,20,24). The van der Waals surface area contributed by atoms with Crippen molar-refractivity contribution in [3.63, 3.8) is 0 Å². The van der Waals surface area contributed by atoms with Gasteiger partial charge >= 0.3 is 0 Å². The second-order valence-corrected chi connectivity index (χ2v) is 5.89. The molecular formula is C19H22N4O. The number of carbonyl (C=O) groups is 1. The van der Waals surface area contributed by atoms with Crippen molar-refractivity contribution in [3.8, 4) is 11.4 Å². The molecule has 5 heteroatoms. The molecular weight excluding hydrogens is 300 g/mol. The minimum atomic E-state index is 0.0642. The van der Waals surface area contributed by atoms with Crippen molar-refractivity contribution in [2.75, 3.05) is 5.32 Å². The Kier molecular flexibility index (Phi) is 5.21. The van der Waals surface area contributed by atoms with Gasteiger partial charge in [-0.25, -0.2) is 0 Å². The number of amides is 1. The van der Waals surface area contributed by atoms with Crippen LogP contribution < -0.4 is 5.32 Å². The Bertz CT molecular complexity index is 825. The monoisotopic (exact) mass is 322 g/mol. The van der Waals surface area contributed by atoms with Crippen LogP contribution in [-0.4, -0.2) is 20.5 Å². The molecule has 1 amide bonds. The van der Waals surface area contributed by atoms with E-state index in [0.29, 0.717) is 6.42 Å². The van der Waals surface area contributed by atoms with Crippen molar-refractivity contribution in [2.24, 2.45) is 0 Å². The predicted molar refractivity (Wildman–Crippen MR) is 95.8 cm³/mol. The van der Waals surface area contributed by atoms with E-state index in [2.05, 4.69) is 22.4 Å². The van der Waals surface area contributed by atoms with Gasteiger partial charge in [-0.2, -0.15) is 0 Å². The van der Waals surface area contributed by atoms with Crippen LogP contribution >= 0.6 is 0 Å². The Morgan fingerprint density at radius 3 is 2.88 bits per heavy atom. The van der Waals surface area contributed by atoms with E-state index in [-0.39, 0.29) is 5.91 Å². The van der Waals surface area contributed by atoms with Crippen LogP contribution in [0.3, 0.4) is 0 Å². The molecule has 0 atom stereocenters. The molecule has 0 aliphatic rings. The topological polar surface area (TPSA) is 59.3 Å². The molecule has 0 unspecified atom stereocenters. The molecule has 3 rings (SSSR count). The summed E-state index contributed by atoms with van der Waals surface area (Å²) in [7, 11) is 0. The van der Waals surface area contributed by atoms with Gasteiger partial charge in [0.05, 0.1) is 0 Å². The number of nitrogens with one attached hydrogen (secondary N) is 1. The first kappa shape index (κ1) is 16.2. The van der Waals surface area contributed by atoms with Crippen LogP contribution in [0.15, 0.2) is 48.7 Å². The number of hydrogen-bond acceptors (Lipinski definition) is 3. The molecule has 5 nitrogen and oxygen atoms in total. The smallest absolute Gasteiger partial charge is 0.224 e. The first-order valence-electron chi connectivity index (χ1n) is 8.48. The molecule has 24 heavy (non-hydrogen) atoms. The summed E-state index contributed by atoms with van der Waals surface area (Å²) in [5, 5.41) is 11.4. The maximum atomic E-state index is 12.0. The van der Waals surface area contributed by atoms with Gasteiger partial charge in [0.2, 0.25) is 5.91 Å². The molecule has 0 radical (unpaired) electrons. The number of carbonyl (C=O) groups excluding carboxylic acids is 1. The summed E-state index contributed by atoms with van der Waals surface area (Å²) < 4.78 is 1.94. The lowest BCUT2D eigenvalue weighted by molar-refractivity contribution is -0.116. The molecule has 2 heterocycles. The molecule has 0 bridgehead atoms. The highest BCUT2D eigenvalue weighted by atomic mass is 16.1. The fraction of sp³-hybridized carbons (Fsp3) is 0.316. The third kappa shape index (κ3) is 3.79. The molecule has 0 saturated heterocycles. The first-order valence-corrected chi connectivity index (χ1v) is 8.48. The second-order valence-electron chi connectivity index (χ2n) is 5.89. The van der Waals surface area contributed by atoms with Crippen molar-refractivity contribution in [1.29, 1.82) is 0 Å². The number of hydrogen-bond donors (Lipinski definition) is 1. The van der Waals surface area contributed by atoms with Gasteiger partial charge in [0.1, 0.15) is 0 Å². The number of anilines is 1. The van der Waals surface area contributed by atoms with Crippen LogP contribution in [0.25, 0.3) is 17.0 Å². The van der Waals surface area contributed by atoms with Gasteiger partial charge in [-0.3, -0.25) is 9.20 Å². The van der Waals surface area contributed by atoms with Crippen LogP contribution in [0.1, 0.15) is 39.0 Å². The van der Waals surface area contributed by atoms with Crippen molar-refractivity contribution < 1.29 is 4.79 Å². The Morgan fingerprint density at radius 2 is 2.00 bits per heavy atom. The minimum Gasteiger partial charge on any atom is -0.326 e. The number of pyridine rings is 1. The Balaban J connectivity index is 1.71. The Labute approximate surface area is 141 Å². The molecule has 0 aliphatic heterocycles. The fourth-order valence-corrected chi connectivity index (χ4v) is 2.71. The van der Waals surface area contributed by atoms with Crippen LogP contribution in [-0.2, 0) is 4.79 Å². The number of aromatic nitrogens is 3. The maximum absolute atomic E-state index is 12.0. The quantitative estimate of drug-likeness (QED) is 0.660. The predicted octanol–water partition coefficient (Wildman–Crippen LogP) is 4.31. The molecule has 0 saturated carbocycles. The van der Waals surface area contributed by atoms with E-state index in [4.69, 9.17) is 0 Å². The van der Waals surface area contributed by atoms with E-state index in [1.807, 2.05) is 53.1 Å². The molecule has 0 fully saturated rings. The first-order chi connectivity index (χ1) is 11.8. The molecule has 3 aromatic rings. The van der Waals surface area contributed by atoms with Gasteiger partial charge in [0, 0.05) is 23.9 Å². The van der Waals surface area contributed by atoms with E-state index in [1.54, 1.807) is 0 Å². The summed E-state index contributed by atoms with van der Waals surface area (Å²) in [6.45, 7) is 2.17. The zero-order chi connectivity index (χ0) is 16.8. The van der Waals surface area contributed by atoms with E-state index >= 15 is 0 Å². The van der Waals surface area contributed by atoms with Crippen LogP contribution in [0, 0.1) is 0 Å². The molecule has 0 spiro atoms. The second kappa shape index (κ2) is 7.73. The van der Waals surface area contributed by atoms with Gasteiger partial charge in [0.15, 0.2) is 11.5 Å². The number of nitrogens with zero attached hydrogens (tertiary/aromatic N) is 3. The minimum absolute atomic E-state index is 0.0642. The molecule has 1 N–H and O–H groups in total. The number of fused-ring (bicyclic) bond motifs is 1. The zero-order valence-electron chi connectivity index (χ0n) is 13.9. The van der Waals surface area contributed by atoms with Crippen molar-refractivity contribution in [2.45, 2.75) is 39.0 Å². The highest BCUT2D eigenvalue weighted by Crippen LogP contribution is 2.22. The lowest BCUT2D eigenvalue weighted by Gasteiger charge is -2.07. The maximum Gasteiger partial charge on any atom is 0.224 e. The molecule has 1 aromatic carbocycles. The van der Waals surface area contributed by atoms with Gasteiger partial charge in [-0.15, -0.1) is 10.2 Å². The summed E-state index contributed by atoms with van der Waals surface area (Å²) in [6, 6.07) is 13.5. The van der Waals surface area contributed by atoms with Crippen molar-refractivity contribution in [1.82, 2.24) is 14.6 Å². The van der Waals surface area contributed by atoms with E-state index < -0.39 is 0 Å². The Hall–Kier alpha value is -2.69. The average Bonchev–Trinajstić information content (AvgIpc) is 3.03. The third-order valence-corrected chi connectivity index (χ3v) is 3.98. The van der Waals surface area contributed by atoms with Crippen molar-refractivity contribution >= 4 is 17.2 Å². The summed E-state index contributed by atoms with van der Waals surface area (Å²) in [4.78, 5) is 12.0. The van der Waals surface area contributed by atoms with E-state index in [0.717, 1.165) is 35.6 Å². The highest BCUT2D eigenvalue weighted by Gasteiger charge is 2.09. The van der Waals surface area contributed by atoms with Gasteiger partial charge in [-0.05, 0) is 30.7 Å². The number of benzene rings is 1. The van der Waals surface area contributed by atoms with Gasteiger partial charge in [-0.1, -0.05) is 44.4 Å². The lowest BCUT2D eigenvalue weighted by Crippen LogP contribution is -2.11. The third-order valence-electron chi connectivity index (χ3n) is 3.98. The van der Waals surface area contributed by atoms with Crippen LogP contribution in [0.2, 0.25) is 0 Å². The molecule has 0 aliphatic carbocycles. The summed E-state index contributed by atoms with van der Waals surface area (Å²) >= 11 is 0. The normalized spacial score (nSPS) is 10.9. The summed E-state index contributed by atoms with van der Waals surface area (Å²) in [6.07, 6.45) is 6.91. The number of unbranched alkanes of at least 4 members (excludes halogenated alkanes) is 3. The van der Waals surface area contributed by atoms with Crippen LogP contribution in [0.5, 0.6) is 0 Å². The van der Waals surface area contributed by atoms with Gasteiger partial charge in [0.25, 0.3) is 0 Å². The zero-order valence-corrected chi connectivity index (χ0v) is 13.9. The van der Waals surface area contributed by atoms with Crippen molar-refractivity contribution in [3.05, 3.63) is 48.7 Å².